The highest BCUT2D eigenvalue weighted by Crippen LogP contribution is 2.30. The highest BCUT2D eigenvalue weighted by atomic mass is 32.1. The molecule has 1 aliphatic heterocycles. The number of thiophene rings is 1. The molecule has 1 unspecified atom stereocenters. The van der Waals surface area contributed by atoms with Crippen molar-refractivity contribution in [2.45, 2.75) is 19.8 Å². The van der Waals surface area contributed by atoms with Crippen molar-refractivity contribution in [2.24, 2.45) is 5.92 Å². The molecule has 2 aromatic rings. The van der Waals surface area contributed by atoms with E-state index in [1.54, 1.807) is 30.4 Å². The number of hydrogen-bond donors (Lipinski definition) is 1. The Morgan fingerprint density at radius 1 is 1.40 bits per heavy atom. The summed E-state index contributed by atoms with van der Waals surface area (Å²) in [4.78, 5) is 31.2. The Morgan fingerprint density at radius 2 is 2.24 bits per heavy atom. The normalized spacial score (nSPS) is 17.3. The Balaban J connectivity index is 1.92. The predicted molar refractivity (Wildman–Crippen MR) is 96.1 cm³/mol. The van der Waals surface area contributed by atoms with Gasteiger partial charge in [0, 0.05) is 13.1 Å². The number of esters is 1. The number of aromatic nitrogens is 1. The third-order valence-corrected chi connectivity index (χ3v) is 5.11. The summed E-state index contributed by atoms with van der Waals surface area (Å²) in [5.74, 6) is -1.06. The molecule has 0 amide bonds. The van der Waals surface area contributed by atoms with E-state index in [-0.39, 0.29) is 17.5 Å². The fourth-order valence-electron chi connectivity index (χ4n) is 3.04. The molecule has 0 spiro atoms. The first-order valence-corrected chi connectivity index (χ1v) is 9.18. The van der Waals surface area contributed by atoms with Crippen molar-refractivity contribution in [3.63, 3.8) is 0 Å². The van der Waals surface area contributed by atoms with E-state index in [9.17, 15) is 14.7 Å². The second-order valence-corrected chi connectivity index (χ2v) is 6.84. The second kappa shape index (κ2) is 7.65. The zero-order valence-electron chi connectivity index (χ0n) is 14.0. The highest BCUT2D eigenvalue weighted by molar-refractivity contribution is 7.13. The van der Waals surface area contributed by atoms with Crippen LogP contribution in [-0.4, -0.2) is 41.7 Å². The first kappa shape index (κ1) is 17.4. The standard InChI is InChI=1S/C18H20N2O4S/c1-2-24-18(23)12-5-3-9-20(11-12)16-13(17(21)22)7-8-14(19-16)15-6-4-10-25-15/h4,6-8,10,12H,2-3,5,9,11H2,1H3,(H,21,22). The van der Waals surface area contributed by atoms with Gasteiger partial charge in [0.15, 0.2) is 0 Å². The molecule has 1 saturated heterocycles. The molecule has 1 N–H and O–H groups in total. The van der Waals surface area contributed by atoms with E-state index in [1.165, 1.54) is 0 Å². The quantitative estimate of drug-likeness (QED) is 0.824. The number of piperidine rings is 1. The maximum absolute atomic E-state index is 12.1. The fraction of sp³-hybridized carbons (Fsp3) is 0.389. The molecule has 132 valence electrons. The zero-order chi connectivity index (χ0) is 17.8. The van der Waals surface area contributed by atoms with Crippen LogP contribution < -0.4 is 4.90 Å². The van der Waals surface area contributed by atoms with E-state index < -0.39 is 5.97 Å². The molecule has 0 saturated carbocycles. The van der Waals surface area contributed by atoms with Crippen molar-refractivity contribution in [3.8, 4) is 10.6 Å². The van der Waals surface area contributed by atoms with E-state index >= 15 is 0 Å². The fourth-order valence-corrected chi connectivity index (χ4v) is 3.74. The van der Waals surface area contributed by atoms with E-state index in [0.29, 0.717) is 25.5 Å². The van der Waals surface area contributed by atoms with Crippen molar-refractivity contribution in [1.29, 1.82) is 0 Å². The lowest BCUT2D eigenvalue weighted by Crippen LogP contribution is -2.40. The largest absolute Gasteiger partial charge is 0.478 e. The molecule has 1 fully saturated rings. The van der Waals surface area contributed by atoms with Gasteiger partial charge in [0.25, 0.3) is 0 Å². The molecule has 1 aliphatic rings. The Kier molecular flexibility index (Phi) is 5.33. The summed E-state index contributed by atoms with van der Waals surface area (Å²) in [6.07, 6.45) is 1.55. The van der Waals surface area contributed by atoms with Gasteiger partial charge in [0.1, 0.15) is 11.4 Å². The summed E-state index contributed by atoms with van der Waals surface area (Å²) < 4.78 is 5.13. The number of hydrogen-bond acceptors (Lipinski definition) is 6. The molecule has 1 atom stereocenters. The molecule has 0 aliphatic carbocycles. The Bertz CT molecular complexity index is 760. The maximum atomic E-state index is 12.1. The van der Waals surface area contributed by atoms with E-state index in [2.05, 4.69) is 4.98 Å². The molecule has 3 heterocycles. The number of carbonyl (C=O) groups is 2. The van der Waals surface area contributed by atoms with E-state index in [4.69, 9.17) is 4.74 Å². The predicted octanol–water partition coefficient (Wildman–Crippen LogP) is 3.29. The van der Waals surface area contributed by atoms with Crippen molar-refractivity contribution < 1.29 is 19.4 Å². The van der Waals surface area contributed by atoms with Crippen molar-refractivity contribution >= 4 is 29.1 Å². The average molecular weight is 360 g/mol. The minimum atomic E-state index is -1.02. The van der Waals surface area contributed by atoms with E-state index in [1.807, 2.05) is 22.4 Å². The van der Waals surface area contributed by atoms with Gasteiger partial charge in [0.2, 0.25) is 0 Å². The molecular weight excluding hydrogens is 340 g/mol. The summed E-state index contributed by atoms with van der Waals surface area (Å²) in [5.41, 5.74) is 0.901. The molecule has 2 aromatic heterocycles. The lowest BCUT2D eigenvalue weighted by Gasteiger charge is -2.33. The SMILES string of the molecule is CCOC(=O)C1CCCN(c2nc(-c3cccs3)ccc2C(=O)O)C1. The van der Waals surface area contributed by atoms with Gasteiger partial charge in [0.05, 0.1) is 23.1 Å². The van der Waals surface area contributed by atoms with Crippen molar-refractivity contribution in [1.82, 2.24) is 4.98 Å². The molecular formula is C18H20N2O4S. The van der Waals surface area contributed by atoms with Gasteiger partial charge in [-0.15, -0.1) is 11.3 Å². The topological polar surface area (TPSA) is 79.7 Å². The molecule has 0 aromatic carbocycles. The number of aromatic carboxylic acids is 1. The van der Waals surface area contributed by atoms with Crippen LogP contribution in [0.4, 0.5) is 5.82 Å². The van der Waals surface area contributed by atoms with Crippen LogP contribution in [0, 0.1) is 5.92 Å². The molecule has 3 rings (SSSR count). The minimum absolute atomic E-state index is 0.157. The number of anilines is 1. The number of nitrogens with zero attached hydrogens (tertiary/aromatic N) is 2. The summed E-state index contributed by atoms with van der Waals surface area (Å²) in [6, 6.07) is 7.21. The first-order chi connectivity index (χ1) is 12.1. The number of carboxylic acid groups (broad SMARTS) is 1. The van der Waals surface area contributed by atoms with Crippen LogP contribution in [0.2, 0.25) is 0 Å². The Morgan fingerprint density at radius 3 is 2.92 bits per heavy atom. The molecule has 25 heavy (non-hydrogen) atoms. The second-order valence-electron chi connectivity index (χ2n) is 5.89. The Labute approximate surface area is 150 Å². The summed E-state index contributed by atoms with van der Waals surface area (Å²) in [6.45, 7) is 3.24. The van der Waals surface area contributed by atoms with Gasteiger partial charge in [-0.05, 0) is 43.3 Å². The number of carboxylic acids is 1. The van der Waals surface area contributed by atoms with Crippen LogP contribution in [0.1, 0.15) is 30.1 Å². The number of ether oxygens (including phenoxy) is 1. The van der Waals surface area contributed by atoms with Crippen LogP contribution in [-0.2, 0) is 9.53 Å². The third-order valence-electron chi connectivity index (χ3n) is 4.22. The zero-order valence-corrected chi connectivity index (χ0v) is 14.8. The number of rotatable bonds is 5. The number of pyridine rings is 1. The minimum Gasteiger partial charge on any atom is -0.478 e. The highest BCUT2D eigenvalue weighted by Gasteiger charge is 2.29. The third kappa shape index (κ3) is 3.82. The van der Waals surface area contributed by atoms with Crippen LogP contribution in [0.5, 0.6) is 0 Å². The van der Waals surface area contributed by atoms with Crippen molar-refractivity contribution in [2.75, 3.05) is 24.6 Å². The van der Waals surface area contributed by atoms with Gasteiger partial charge in [-0.3, -0.25) is 4.79 Å². The van der Waals surface area contributed by atoms with Crippen LogP contribution in [0.3, 0.4) is 0 Å². The van der Waals surface area contributed by atoms with Gasteiger partial charge in [-0.2, -0.15) is 0 Å². The molecule has 0 bridgehead atoms. The van der Waals surface area contributed by atoms with Crippen LogP contribution in [0.15, 0.2) is 29.6 Å². The van der Waals surface area contributed by atoms with Gasteiger partial charge >= 0.3 is 11.9 Å². The van der Waals surface area contributed by atoms with Crippen molar-refractivity contribution in [3.05, 3.63) is 35.2 Å². The summed E-state index contributed by atoms with van der Waals surface area (Å²) in [7, 11) is 0. The smallest absolute Gasteiger partial charge is 0.339 e. The maximum Gasteiger partial charge on any atom is 0.339 e. The van der Waals surface area contributed by atoms with Gasteiger partial charge < -0.3 is 14.7 Å². The van der Waals surface area contributed by atoms with Gasteiger partial charge in [-0.1, -0.05) is 6.07 Å². The van der Waals surface area contributed by atoms with Gasteiger partial charge in [-0.25, -0.2) is 9.78 Å². The average Bonchev–Trinajstić information content (AvgIpc) is 3.16. The lowest BCUT2D eigenvalue weighted by atomic mass is 9.97. The number of carbonyl (C=O) groups excluding carboxylic acids is 1. The molecule has 0 radical (unpaired) electrons. The molecule has 6 nitrogen and oxygen atoms in total. The van der Waals surface area contributed by atoms with E-state index in [0.717, 1.165) is 23.4 Å². The summed E-state index contributed by atoms with van der Waals surface area (Å²) in [5, 5.41) is 11.5. The Hall–Kier alpha value is -2.41. The first-order valence-electron chi connectivity index (χ1n) is 8.30. The molecule has 7 heteroatoms. The summed E-state index contributed by atoms with van der Waals surface area (Å²) >= 11 is 1.56. The lowest BCUT2D eigenvalue weighted by molar-refractivity contribution is -0.148. The monoisotopic (exact) mass is 360 g/mol. The van der Waals surface area contributed by atoms with Crippen LogP contribution >= 0.6 is 11.3 Å². The van der Waals surface area contributed by atoms with Crippen LogP contribution in [0.25, 0.3) is 10.6 Å².